The summed E-state index contributed by atoms with van der Waals surface area (Å²) in [4.78, 5) is 14.3. The minimum Gasteiger partial charge on any atom is -0.374 e. The topological polar surface area (TPSA) is 46.5 Å². The van der Waals surface area contributed by atoms with Crippen LogP contribution in [0.1, 0.15) is 30.4 Å². The summed E-state index contributed by atoms with van der Waals surface area (Å²) in [5.41, 5.74) is 0.707. The summed E-state index contributed by atoms with van der Waals surface area (Å²) in [6, 6.07) is 2.12. The second kappa shape index (κ2) is 6.74. The van der Waals surface area contributed by atoms with Crippen LogP contribution >= 0.6 is 15.9 Å². The van der Waals surface area contributed by atoms with Crippen molar-refractivity contribution in [3.05, 3.63) is 22.4 Å². The lowest BCUT2D eigenvalue weighted by atomic mass is 10.2. The van der Waals surface area contributed by atoms with Gasteiger partial charge in [-0.2, -0.15) is 0 Å². The normalized spacial score (nSPS) is 19.4. The molecular formula is C14H22BrN3O2. The van der Waals surface area contributed by atoms with E-state index in [1.54, 1.807) is 4.90 Å². The first kappa shape index (κ1) is 15.5. The van der Waals surface area contributed by atoms with E-state index in [0.29, 0.717) is 18.8 Å². The van der Waals surface area contributed by atoms with Crippen molar-refractivity contribution in [1.29, 1.82) is 0 Å². The fourth-order valence-corrected chi connectivity index (χ4v) is 2.80. The van der Waals surface area contributed by atoms with Crippen LogP contribution in [0.4, 0.5) is 0 Å². The summed E-state index contributed by atoms with van der Waals surface area (Å²) < 4.78 is 8.56. The standard InChI is InChI=1S/C14H22BrN3O2/c1-10(2)18-8-11(15)6-13(18)14(19)17(3)9-12-7-16-4-5-20-12/h6,8,10,12,16H,4-5,7,9H2,1-3H3. The van der Waals surface area contributed by atoms with Crippen LogP contribution in [0.2, 0.25) is 0 Å². The van der Waals surface area contributed by atoms with Gasteiger partial charge in [0.25, 0.3) is 5.91 Å². The lowest BCUT2D eigenvalue weighted by Crippen LogP contribution is -2.46. The van der Waals surface area contributed by atoms with E-state index in [2.05, 4.69) is 35.1 Å². The van der Waals surface area contributed by atoms with Gasteiger partial charge < -0.3 is 19.5 Å². The molecule has 1 N–H and O–H groups in total. The highest BCUT2D eigenvalue weighted by Gasteiger charge is 2.22. The first-order valence-electron chi connectivity index (χ1n) is 6.94. The lowest BCUT2D eigenvalue weighted by Gasteiger charge is -2.28. The van der Waals surface area contributed by atoms with Crippen LogP contribution in [0.3, 0.4) is 0 Å². The molecule has 1 atom stereocenters. The van der Waals surface area contributed by atoms with Crippen LogP contribution in [0, 0.1) is 0 Å². The van der Waals surface area contributed by atoms with Crippen LogP contribution in [-0.2, 0) is 4.74 Å². The molecule has 2 rings (SSSR count). The Kier molecular flexibility index (Phi) is 5.23. The smallest absolute Gasteiger partial charge is 0.270 e. The molecular weight excluding hydrogens is 322 g/mol. The molecule has 1 aromatic heterocycles. The van der Waals surface area contributed by atoms with Gasteiger partial charge in [-0.05, 0) is 35.8 Å². The fraction of sp³-hybridized carbons (Fsp3) is 0.643. The third-order valence-electron chi connectivity index (χ3n) is 3.42. The predicted octanol–water partition coefficient (Wildman–Crippen LogP) is 1.89. The number of hydrogen-bond donors (Lipinski definition) is 1. The number of amides is 1. The van der Waals surface area contributed by atoms with Gasteiger partial charge in [-0.15, -0.1) is 0 Å². The number of aromatic nitrogens is 1. The van der Waals surface area contributed by atoms with E-state index >= 15 is 0 Å². The van der Waals surface area contributed by atoms with Crippen LogP contribution in [0.15, 0.2) is 16.7 Å². The van der Waals surface area contributed by atoms with Crippen molar-refractivity contribution in [2.75, 3.05) is 33.3 Å². The Hall–Kier alpha value is -0.850. The number of carbonyl (C=O) groups excluding carboxylic acids is 1. The van der Waals surface area contributed by atoms with Gasteiger partial charge in [-0.1, -0.05) is 0 Å². The molecule has 0 aliphatic carbocycles. The van der Waals surface area contributed by atoms with E-state index < -0.39 is 0 Å². The molecule has 2 heterocycles. The number of carbonyl (C=O) groups is 1. The molecule has 1 aliphatic heterocycles. The van der Waals surface area contributed by atoms with Crippen molar-refractivity contribution in [3.63, 3.8) is 0 Å². The molecule has 1 unspecified atom stereocenters. The molecule has 20 heavy (non-hydrogen) atoms. The molecule has 0 radical (unpaired) electrons. The summed E-state index contributed by atoms with van der Waals surface area (Å²) in [5.74, 6) is 0.0265. The van der Waals surface area contributed by atoms with Gasteiger partial charge in [0.15, 0.2) is 0 Å². The van der Waals surface area contributed by atoms with Crippen LogP contribution in [0.25, 0.3) is 0 Å². The number of ether oxygens (including phenoxy) is 1. The third kappa shape index (κ3) is 3.62. The summed E-state index contributed by atoms with van der Waals surface area (Å²) in [5, 5.41) is 3.28. The summed E-state index contributed by atoms with van der Waals surface area (Å²) >= 11 is 3.44. The van der Waals surface area contributed by atoms with Crippen LogP contribution in [-0.4, -0.2) is 54.8 Å². The molecule has 5 nitrogen and oxygen atoms in total. The number of halogens is 1. The molecule has 1 saturated heterocycles. The molecule has 1 amide bonds. The van der Waals surface area contributed by atoms with Crippen molar-refractivity contribution in [2.24, 2.45) is 0 Å². The Bertz CT molecular complexity index is 467. The molecule has 0 bridgehead atoms. The van der Waals surface area contributed by atoms with E-state index in [-0.39, 0.29) is 18.1 Å². The highest BCUT2D eigenvalue weighted by Crippen LogP contribution is 2.20. The summed E-state index contributed by atoms with van der Waals surface area (Å²) in [6.45, 7) is 7.13. The minimum absolute atomic E-state index is 0.0265. The van der Waals surface area contributed by atoms with Crippen molar-refractivity contribution >= 4 is 21.8 Å². The summed E-state index contributed by atoms with van der Waals surface area (Å²) in [6.07, 6.45) is 2.02. The highest BCUT2D eigenvalue weighted by atomic mass is 79.9. The Balaban J connectivity index is 2.06. The van der Waals surface area contributed by atoms with E-state index in [1.165, 1.54) is 0 Å². The van der Waals surface area contributed by atoms with E-state index in [4.69, 9.17) is 4.74 Å². The molecule has 0 aromatic carbocycles. The van der Waals surface area contributed by atoms with E-state index in [1.807, 2.05) is 23.9 Å². The first-order chi connectivity index (χ1) is 9.49. The fourth-order valence-electron chi connectivity index (χ4n) is 2.37. The molecule has 112 valence electrons. The van der Waals surface area contributed by atoms with Gasteiger partial charge in [0, 0.05) is 43.4 Å². The zero-order chi connectivity index (χ0) is 14.7. The van der Waals surface area contributed by atoms with Crippen molar-refractivity contribution in [1.82, 2.24) is 14.8 Å². The maximum absolute atomic E-state index is 12.6. The maximum Gasteiger partial charge on any atom is 0.270 e. The Labute approximate surface area is 128 Å². The SMILES string of the molecule is CC(C)n1cc(Br)cc1C(=O)N(C)CC1CNCCO1. The molecule has 1 aromatic rings. The zero-order valence-electron chi connectivity index (χ0n) is 12.2. The number of nitrogens with zero attached hydrogens (tertiary/aromatic N) is 2. The van der Waals surface area contributed by atoms with Crippen LogP contribution < -0.4 is 5.32 Å². The van der Waals surface area contributed by atoms with Crippen molar-refractivity contribution in [2.45, 2.75) is 26.0 Å². The predicted molar refractivity (Wildman–Crippen MR) is 82.1 cm³/mol. The molecule has 0 saturated carbocycles. The molecule has 0 spiro atoms. The van der Waals surface area contributed by atoms with Gasteiger partial charge in [0.1, 0.15) is 5.69 Å². The monoisotopic (exact) mass is 343 g/mol. The average Bonchev–Trinajstić information content (AvgIpc) is 2.81. The van der Waals surface area contributed by atoms with Crippen LogP contribution in [0.5, 0.6) is 0 Å². The number of hydrogen-bond acceptors (Lipinski definition) is 3. The zero-order valence-corrected chi connectivity index (χ0v) is 13.8. The largest absolute Gasteiger partial charge is 0.374 e. The van der Waals surface area contributed by atoms with Crippen molar-refractivity contribution in [3.8, 4) is 0 Å². The highest BCUT2D eigenvalue weighted by molar-refractivity contribution is 9.10. The van der Waals surface area contributed by atoms with Gasteiger partial charge in [0.2, 0.25) is 0 Å². The Morgan fingerprint density at radius 1 is 1.65 bits per heavy atom. The molecule has 1 aliphatic rings. The Morgan fingerprint density at radius 3 is 3.00 bits per heavy atom. The maximum atomic E-state index is 12.6. The lowest BCUT2D eigenvalue weighted by molar-refractivity contribution is 0.0101. The third-order valence-corrected chi connectivity index (χ3v) is 3.85. The second-order valence-corrected chi connectivity index (χ2v) is 6.34. The van der Waals surface area contributed by atoms with Gasteiger partial charge >= 0.3 is 0 Å². The van der Waals surface area contributed by atoms with E-state index in [9.17, 15) is 4.79 Å². The van der Waals surface area contributed by atoms with Gasteiger partial charge in [-0.3, -0.25) is 4.79 Å². The number of morpholine rings is 1. The summed E-state index contributed by atoms with van der Waals surface area (Å²) in [7, 11) is 1.83. The minimum atomic E-state index is 0.0265. The van der Waals surface area contributed by atoms with E-state index in [0.717, 1.165) is 17.6 Å². The number of nitrogens with one attached hydrogen (secondary N) is 1. The second-order valence-electron chi connectivity index (χ2n) is 5.43. The first-order valence-corrected chi connectivity index (χ1v) is 7.73. The van der Waals surface area contributed by atoms with Gasteiger partial charge in [0.05, 0.1) is 12.7 Å². The Morgan fingerprint density at radius 2 is 2.40 bits per heavy atom. The van der Waals surface area contributed by atoms with Gasteiger partial charge in [-0.25, -0.2) is 0 Å². The molecule has 1 fully saturated rings. The quantitative estimate of drug-likeness (QED) is 0.908. The number of likely N-dealkylation sites (N-methyl/N-ethyl adjacent to an activating group) is 1. The molecule has 6 heteroatoms. The average molecular weight is 344 g/mol. The van der Waals surface area contributed by atoms with Crippen molar-refractivity contribution < 1.29 is 9.53 Å². The number of rotatable bonds is 4.